The summed E-state index contributed by atoms with van der Waals surface area (Å²) in [4.78, 5) is 26.0. The highest BCUT2D eigenvalue weighted by Crippen LogP contribution is 2.19. The molecule has 1 aromatic carbocycles. The Bertz CT molecular complexity index is 537. The molecule has 6 heteroatoms. The van der Waals surface area contributed by atoms with Gasteiger partial charge in [-0.15, -0.1) is 12.4 Å². The van der Waals surface area contributed by atoms with Crippen LogP contribution in [-0.2, 0) is 9.59 Å². The average molecular weight is 340 g/mol. The van der Waals surface area contributed by atoms with E-state index in [9.17, 15) is 9.59 Å². The van der Waals surface area contributed by atoms with Crippen molar-refractivity contribution >= 4 is 29.9 Å². The molecule has 2 N–H and O–H groups in total. The van der Waals surface area contributed by atoms with Crippen LogP contribution in [0.2, 0.25) is 0 Å². The van der Waals surface area contributed by atoms with Crippen LogP contribution in [0.25, 0.3) is 0 Å². The number of para-hydroxylation sites is 1. The van der Waals surface area contributed by atoms with E-state index in [2.05, 4.69) is 10.6 Å². The summed E-state index contributed by atoms with van der Waals surface area (Å²) < 4.78 is 0. The Kier molecular flexibility index (Phi) is 7.52. The SMILES string of the molecule is Cc1cccc(C)c1NC(=O)CN(C)C(=O)C1CCCNC1.Cl. The van der Waals surface area contributed by atoms with Crippen LogP contribution in [0.15, 0.2) is 18.2 Å². The number of benzene rings is 1. The molecule has 1 saturated heterocycles. The van der Waals surface area contributed by atoms with Crippen molar-refractivity contribution in [2.24, 2.45) is 5.92 Å². The Hall–Kier alpha value is -1.59. The molecule has 0 saturated carbocycles. The number of carbonyl (C=O) groups excluding carboxylic acids is 2. The van der Waals surface area contributed by atoms with Gasteiger partial charge in [-0.25, -0.2) is 0 Å². The minimum Gasteiger partial charge on any atom is -0.336 e. The lowest BCUT2D eigenvalue weighted by atomic mass is 9.98. The molecular weight excluding hydrogens is 314 g/mol. The molecule has 1 heterocycles. The van der Waals surface area contributed by atoms with Gasteiger partial charge in [0.05, 0.1) is 12.5 Å². The molecule has 5 nitrogen and oxygen atoms in total. The number of halogens is 1. The largest absolute Gasteiger partial charge is 0.336 e. The monoisotopic (exact) mass is 339 g/mol. The van der Waals surface area contributed by atoms with Gasteiger partial charge in [0.15, 0.2) is 0 Å². The molecule has 2 amide bonds. The van der Waals surface area contributed by atoms with E-state index in [1.807, 2.05) is 32.0 Å². The second-order valence-electron chi connectivity index (χ2n) is 6.05. The van der Waals surface area contributed by atoms with Crippen molar-refractivity contribution in [3.8, 4) is 0 Å². The molecule has 1 aromatic rings. The molecule has 1 aliphatic heterocycles. The Morgan fingerprint density at radius 1 is 1.30 bits per heavy atom. The van der Waals surface area contributed by atoms with Gasteiger partial charge >= 0.3 is 0 Å². The third-order valence-corrected chi connectivity index (χ3v) is 4.15. The number of anilines is 1. The van der Waals surface area contributed by atoms with Crippen molar-refractivity contribution in [2.45, 2.75) is 26.7 Å². The van der Waals surface area contributed by atoms with Crippen LogP contribution in [0.5, 0.6) is 0 Å². The first-order valence-electron chi connectivity index (χ1n) is 7.81. The fraction of sp³-hybridized carbons (Fsp3) is 0.529. The van der Waals surface area contributed by atoms with Crippen molar-refractivity contribution < 1.29 is 9.59 Å². The van der Waals surface area contributed by atoms with Gasteiger partial charge in [0.2, 0.25) is 11.8 Å². The van der Waals surface area contributed by atoms with Gasteiger partial charge in [-0.3, -0.25) is 9.59 Å². The number of amides is 2. The van der Waals surface area contributed by atoms with Crippen molar-refractivity contribution in [1.29, 1.82) is 0 Å². The van der Waals surface area contributed by atoms with Crippen LogP contribution < -0.4 is 10.6 Å². The molecule has 1 atom stereocenters. The van der Waals surface area contributed by atoms with Crippen molar-refractivity contribution in [3.05, 3.63) is 29.3 Å². The van der Waals surface area contributed by atoms with Crippen molar-refractivity contribution in [3.63, 3.8) is 0 Å². The number of rotatable bonds is 4. The fourth-order valence-corrected chi connectivity index (χ4v) is 2.86. The highest BCUT2D eigenvalue weighted by molar-refractivity contribution is 5.96. The Morgan fingerprint density at radius 2 is 1.96 bits per heavy atom. The molecule has 0 radical (unpaired) electrons. The quantitative estimate of drug-likeness (QED) is 0.883. The number of nitrogens with one attached hydrogen (secondary N) is 2. The van der Waals surface area contributed by atoms with Crippen molar-refractivity contribution in [2.75, 3.05) is 32.0 Å². The van der Waals surface area contributed by atoms with E-state index in [0.29, 0.717) is 6.54 Å². The summed E-state index contributed by atoms with van der Waals surface area (Å²) in [6, 6.07) is 5.89. The van der Waals surface area contributed by atoms with Crippen LogP contribution in [-0.4, -0.2) is 43.4 Å². The van der Waals surface area contributed by atoms with E-state index < -0.39 is 0 Å². The molecule has 23 heavy (non-hydrogen) atoms. The van der Waals surface area contributed by atoms with E-state index in [1.165, 1.54) is 4.90 Å². The number of hydrogen-bond donors (Lipinski definition) is 2. The highest BCUT2D eigenvalue weighted by atomic mass is 35.5. The predicted molar refractivity (Wildman–Crippen MR) is 95.0 cm³/mol. The minimum absolute atomic E-state index is 0. The normalized spacial score (nSPS) is 17.1. The smallest absolute Gasteiger partial charge is 0.243 e. The zero-order chi connectivity index (χ0) is 16.1. The first-order valence-corrected chi connectivity index (χ1v) is 7.81. The zero-order valence-corrected chi connectivity index (χ0v) is 14.8. The topological polar surface area (TPSA) is 61.4 Å². The number of nitrogens with zero attached hydrogens (tertiary/aromatic N) is 1. The Labute approximate surface area is 144 Å². The summed E-state index contributed by atoms with van der Waals surface area (Å²) in [5.74, 6) is -0.118. The maximum absolute atomic E-state index is 12.3. The molecule has 1 unspecified atom stereocenters. The summed E-state index contributed by atoms with van der Waals surface area (Å²) in [6.07, 6.45) is 1.91. The van der Waals surface area contributed by atoms with Gasteiger partial charge in [0.1, 0.15) is 0 Å². The van der Waals surface area contributed by atoms with Gasteiger partial charge in [-0.2, -0.15) is 0 Å². The zero-order valence-electron chi connectivity index (χ0n) is 14.0. The van der Waals surface area contributed by atoms with E-state index in [1.54, 1.807) is 7.05 Å². The molecule has 0 bridgehead atoms. The lowest BCUT2D eigenvalue weighted by molar-refractivity contribution is -0.137. The molecule has 0 spiro atoms. The number of likely N-dealkylation sites (N-methyl/N-ethyl adjacent to an activating group) is 1. The van der Waals surface area contributed by atoms with Crippen LogP contribution in [0.3, 0.4) is 0 Å². The average Bonchev–Trinajstić information content (AvgIpc) is 2.51. The summed E-state index contributed by atoms with van der Waals surface area (Å²) in [5.41, 5.74) is 2.89. The highest BCUT2D eigenvalue weighted by Gasteiger charge is 2.25. The lowest BCUT2D eigenvalue weighted by Gasteiger charge is -2.26. The van der Waals surface area contributed by atoms with Crippen LogP contribution in [0, 0.1) is 19.8 Å². The van der Waals surface area contributed by atoms with E-state index >= 15 is 0 Å². The maximum atomic E-state index is 12.3. The third-order valence-electron chi connectivity index (χ3n) is 4.15. The fourth-order valence-electron chi connectivity index (χ4n) is 2.86. The van der Waals surface area contributed by atoms with Gasteiger partial charge in [0.25, 0.3) is 0 Å². The molecule has 128 valence electrons. The lowest BCUT2D eigenvalue weighted by Crippen LogP contribution is -2.44. The summed E-state index contributed by atoms with van der Waals surface area (Å²) >= 11 is 0. The standard InChI is InChI=1S/C17H25N3O2.ClH/c1-12-6-4-7-13(2)16(12)19-15(21)11-20(3)17(22)14-8-5-9-18-10-14;/h4,6-7,14,18H,5,8-11H2,1-3H3,(H,19,21);1H. The number of aryl methyl sites for hydroxylation is 2. The van der Waals surface area contributed by atoms with E-state index in [0.717, 1.165) is 36.2 Å². The maximum Gasteiger partial charge on any atom is 0.243 e. The summed E-state index contributed by atoms with van der Waals surface area (Å²) in [5, 5.41) is 6.15. The molecule has 0 aromatic heterocycles. The molecule has 1 fully saturated rings. The Morgan fingerprint density at radius 3 is 2.52 bits per heavy atom. The Balaban J connectivity index is 0.00000264. The second kappa shape index (κ2) is 8.89. The number of piperidine rings is 1. The van der Waals surface area contributed by atoms with E-state index in [4.69, 9.17) is 0 Å². The van der Waals surface area contributed by atoms with Gasteiger partial charge < -0.3 is 15.5 Å². The number of carbonyl (C=O) groups is 2. The third kappa shape index (κ3) is 5.22. The number of hydrogen-bond acceptors (Lipinski definition) is 3. The van der Waals surface area contributed by atoms with Crippen LogP contribution in [0.1, 0.15) is 24.0 Å². The first kappa shape index (κ1) is 19.5. The first-order chi connectivity index (χ1) is 10.5. The van der Waals surface area contributed by atoms with Gasteiger partial charge in [-0.05, 0) is 44.4 Å². The van der Waals surface area contributed by atoms with Gasteiger partial charge in [0, 0.05) is 19.3 Å². The van der Waals surface area contributed by atoms with Crippen LogP contribution >= 0.6 is 12.4 Å². The molecule has 0 aliphatic carbocycles. The molecule has 1 aliphatic rings. The van der Waals surface area contributed by atoms with Crippen LogP contribution in [0.4, 0.5) is 5.69 Å². The minimum atomic E-state index is -0.156. The summed E-state index contributed by atoms with van der Waals surface area (Å²) in [6.45, 7) is 5.70. The van der Waals surface area contributed by atoms with Gasteiger partial charge in [-0.1, -0.05) is 18.2 Å². The van der Waals surface area contributed by atoms with Crippen molar-refractivity contribution in [1.82, 2.24) is 10.2 Å². The second-order valence-corrected chi connectivity index (χ2v) is 6.05. The molecule has 2 rings (SSSR count). The van der Waals surface area contributed by atoms with E-state index in [-0.39, 0.29) is 36.7 Å². The molecular formula is C17H26ClN3O2. The summed E-state index contributed by atoms with van der Waals surface area (Å²) in [7, 11) is 1.70. The predicted octanol–water partition coefficient (Wildman–Crippen LogP) is 2.12.